The van der Waals surface area contributed by atoms with Gasteiger partial charge in [-0.15, -0.1) is 11.8 Å². The topological polar surface area (TPSA) is 37.3 Å². The van der Waals surface area contributed by atoms with Crippen LogP contribution in [0.3, 0.4) is 0 Å². The van der Waals surface area contributed by atoms with E-state index >= 15 is 0 Å². The van der Waals surface area contributed by atoms with Crippen LogP contribution in [0.4, 0.5) is 0 Å². The van der Waals surface area contributed by atoms with Crippen molar-refractivity contribution >= 4 is 17.7 Å². The van der Waals surface area contributed by atoms with E-state index in [1.165, 1.54) is 35.7 Å². The molecule has 1 N–H and O–H groups in total. The van der Waals surface area contributed by atoms with Crippen molar-refractivity contribution < 1.29 is 9.90 Å². The fourth-order valence-corrected chi connectivity index (χ4v) is 3.73. The maximum absolute atomic E-state index is 11.2. The summed E-state index contributed by atoms with van der Waals surface area (Å²) in [6.45, 7) is 0. The predicted molar refractivity (Wildman–Crippen MR) is 68.5 cm³/mol. The maximum Gasteiger partial charge on any atom is 0.317 e. The zero-order chi connectivity index (χ0) is 11.8. The first-order chi connectivity index (χ1) is 8.24. The first-order valence-corrected chi connectivity index (χ1v) is 7.13. The van der Waals surface area contributed by atoms with Crippen LogP contribution in [0.2, 0.25) is 0 Å². The van der Waals surface area contributed by atoms with Crippen molar-refractivity contribution in [3.8, 4) is 0 Å². The highest BCUT2D eigenvalue weighted by molar-refractivity contribution is 8.00. The Morgan fingerprint density at radius 1 is 1.29 bits per heavy atom. The Labute approximate surface area is 105 Å². The summed E-state index contributed by atoms with van der Waals surface area (Å²) in [4.78, 5) is 12.3. The van der Waals surface area contributed by atoms with Crippen molar-refractivity contribution in [3.05, 3.63) is 29.3 Å². The van der Waals surface area contributed by atoms with E-state index in [0.29, 0.717) is 5.92 Å². The summed E-state index contributed by atoms with van der Waals surface area (Å²) < 4.78 is 0. The van der Waals surface area contributed by atoms with E-state index in [-0.39, 0.29) is 5.25 Å². The van der Waals surface area contributed by atoms with E-state index in [9.17, 15) is 9.90 Å². The van der Waals surface area contributed by atoms with Crippen molar-refractivity contribution in [1.29, 1.82) is 0 Å². The number of carbonyl (C=O) groups is 1. The molecule has 3 heteroatoms. The van der Waals surface area contributed by atoms with Crippen LogP contribution in [-0.2, 0) is 17.6 Å². The standard InChI is InChI=1S/C14H16O2S/c15-14(16)13(10-4-5-10)17-12-7-6-9-2-1-3-11(9)8-12/h6-8,10,13H,1-5H2,(H,15,16). The lowest BCUT2D eigenvalue weighted by molar-refractivity contribution is -0.136. The number of fused-ring (bicyclic) bond motifs is 1. The number of rotatable bonds is 4. The second-order valence-corrected chi connectivity index (χ2v) is 6.21. The number of benzene rings is 1. The van der Waals surface area contributed by atoms with Gasteiger partial charge in [0.15, 0.2) is 0 Å². The minimum absolute atomic E-state index is 0.241. The average molecular weight is 248 g/mol. The van der Waals surface area contributed by atoms with E-state index in [2.05, 4.69) is 18.2 Å². The Morgan fingerprint density at radius 3 is 2.76 bits per heavy atom. The van der Waals surface area contributed by atoms with E-state index in [1.54, 1.807) is 0 Å². The molecule has 2 nitrogen and oxygen atoms in total. The van der Waals surface area contributed by atoms with Crippen molar-refractivity contribution in [3.63, 3.8) is 0 Å². The third-order valence-electron chi connectivity index (χ3n) is 3.63. The molecule has 3 rings (SSSR count). The summed E-state index contributed by atoms with van der Waals surface area (Å²) in [5.74, 6) is -0.260. The molecule has 1 saturated carbocycles. The second kappa shape index (κ2) is 4.37. The fourth-order valence-electron chi connectivity index (χ4n) is 2.52. The number of carboxylic acids is 1. The van der Waals surface area contributed by atoms with E-state index in [0.717, 1.165) is 24.2 Å². The summed E-state index contributed by atoms with van der Waals surface area (Å²) in [7, 11) is 0. The first-order valence-electron chi connectivity index (χ1n) is 6.25. The molecule has 1 aromatic carbocycles. The summed E-state index contributed by atoms with van der Waals surface area (Å²) in [5, 5.41) is 8.98. The highest BCUT2D eigenvalue weighted by Gasteiger charge is 2.37. The molecular formula is C14H16O2S. The van der Waals surface area contributed by atoms with Crippen LogP contribution in [0.15, 0.2) is 23.1 Å². The predicted octanol–water partition coefficient (Wildman–Crippen LogP) is 3.13. The van der Waals surface area contributed by atoms with Gasteiger partial charge in [-0.2, -0.15) is 0 Å². The van der Waals surface area contributed by atoms with Crippen molar-refractivity contribution in [2.24, 2.45) is 5.92 Å². The van der Waals surface area contributed by atoms with Gasteiger partial charge in [-0.25, -0.2) is 0 Å². The zero-order valence-electron chi connectivity index (χ0n) is 9.69. The van der Waals surface area contributed by atoms with Gasteiger partial charge in [0.2, 0.25) is 0 Å². The van der Waals surface area contributed by atoms with Crippen LogP contribution in [-0.4, -0.2) is 16.3 Å². The van der Waals surface area contributed by atoms with Crippen LogP contribution in [0.25, 0.3) is 0 Å². The van der Waals surface area contributed by atoms with Crippen LogP contribution < -0.4 is 0 Å². The molecule has 2 aliphatic carbocycles. The van der Waals surface area contributed by atoms with Gasteiger partial charge in [-0.1, -0.05) is 6.07 Å². The molecule has 1 atom stereocenters. The Hall–Kier alpha value is -0.960. The van der Waals surface area contributed by atoms with Crippen molar-refractivity contribution in [1.82, 2.24) is 0 Å². The van der Waals surface area contributed by atoms with E-state index < -0.39 is 5.97 Å². The number of carboxylic acid groups (broad SMARTS) is 1. The number of aryl methyl sites for hydroxylation is 2. The number of hydrogen-bond donors (Lipinski definition) is 1. The van der Waals surface area contributed by atoms with Gasteiger partial charge in [0.05, 0.1) is 0 Å². The SMILES string of the molecule is O=C(O)C(Sc1ccc2c(c1)CCC2)C1CC1. The highest BCUT2D eigenvalue weighted by atomic mass is 32.2. The first kappa shape index (κ1) is 11.1. The van der Waals surface area contributed by atoms with Crippen molar-refractivity contribution in [2.45, 2.75) is 42.2 Å². The largest absolute Gasteiger partial charge is 0.480 e. The lowest BCUT2D eigenvalue weighted by atomic mass is 10.1. The third kappa shape index (κ3) is 2.34. The molecular weight excluding hydrogens is 232 g/mol. The van der Waals surface area contributed by atoms with Gasteiger partial charge in [0.25, 0.3) is 0 Å². The van der Waals surface area contributed by atoms with E-state index in [1.807, 2.05) is 0 Å². The summed E-state index contributed by atoms with van der Waals surface area (Å²) in [6.07, 6.45) is 5.74. The summed E-state index contributed by atoms with van der Waals surface area (Å²) >= 11 is 1.53. The van der Waals surface area contributed by atoms with Crippen LogP contribution >= 0.6 is 11.8 Å². The molecule has 0 saturated heterocycles. The van der Waals surface area contributed by atoms with Crippen LogP contribution in [0.1, 0.15) is 30.4 Å². The summed E-state index contributed by atoms with van der Waals surface area (Å²) in [5.41, 5.74) is 2.88. The monoisotopic (exact) mass is 248 g/mol. The third-order valence-corrected chi connectivity index (χ3v) is 4.99. The Kier molecular flexibility index (Phi) is 2.87. The quantitative estimate of drug-likeness (QED) is 0.832. The lowest BCUT2D eigenvalue weighted by Crippen LogP contribution is -2.18. The normalized spacial score (nSPS) is 20.0. The number of thioether (sulfide) groups is 1. The van der Waals surface area contributed by atoms with Crippen molar-refractivity contribution in [2.75, 3.05) is 0 Å². The molecule has 0 radical (unpaired) electrons. The molecule has 90 valence electrons. The van der Waals surface area contributed by atoms with Gasteiger partial charge in [0, 0.05) is 4.90 Å². The van der Waals surface area contributed by atoms with Gasteiger partial charge in [-0.05, 0) is 61.3 Å². The van der Waals surface area contributed by atoms with Gasteiger partial charge < -0.3 is 5.11 Å². The Morgan fingerprint density at radius 2 is 2.06 bits per heavy atom. The molecule has 1 aromatic rings. The molecule has 0 amide bonds. The number of aliphatic carboxylic acids is 1. The summed E-state index contributed by atoms with van der Waals surface area (Å²) in [6, 6.07) is 6.47. The molecule has 0 heterocycles. The number of hydrogen-bond acceptors (Lipinski definition) is 2. The molecule has 0 aliphatic heterocycles. The van der Waals surface area contributed by atoms with Gasteiger partial charge in [-0.3, -0.25) is 4.79 Å². The molecule has 17 heavy (non-hydrogen) atoms. The second-order valence-electron chi connectivity index (χ2n) is 5.00. The smallest absolute Gasteiger partial charge is 0.317 e. The minimum atomic E-state index is -0.655. The lowest BCUT2D eigenvalue weighted by Gasteiger charge is -2.11. The zero-order valence-corrected chi connectivity index (χ0v) is 10.5. The molecule has 2 aliphatic rings. The molecule has 0 bridgehead atoms. The minimum Gasteiger partial charge on any atom is -0.480 e. The van der Waals surface area contributed by atoms with E-state index in [4.69, 9.17) is 0 Å². The molecule has 1 fully saturated rings. The molecule has 0 spiro atoms. The molecule has 0 aromatic heterocycles. The molecule has 1 unspecified atom stereocenters. The highest BCUT2D eigenvalue weighted by Crippen LogP contribution is 2.42. The van der Waals surface area contributed by atoms with Crippen LogP contribution in [0, 0.1) is 5.92 Å². The van der Waals surface area contributed by atoms with Gasteiger partial charge >= 0.3 is 5.97 Å². The average Bonchev–Trinajstić information content (AvgIpc) is 3.03. The Bertz CT molecular complexity index is 452. The van der Waals surface area contributed by atoms with Gasteiger partial charge in [0.1, 0.15) is 5.25 Å². The fraction of sp³-hybridized carbons (Fsp3) is 0.500. The maximum atomic E-state index is 11.2. The Balaban J connectivity index is 1.77. The van der Waals surface area contributed by atoms with Crippen LogP contribution in [0.5, 0.6) is 0 Å².